The first-order valence-corrected chi connectivity index (χ1v) is 12.5. The van der Waals surface area contributed by atoms with Gasteiger partial charge in [-0.2, -0.15) is 0 Å². The number of hydrogen-bond acceptors (Lipinski definition) is 5. The molecule has 0 bridgehead atoms. The van der Waals surface area contributed by atoms with Gasteiger partial charge >= 0.3 is 5.97 Å². The van der Waals surface area contributed by atoms with Crippen molar-refractivity contribution in [1.29, 1.82) is 5.41 Å². The van der Waals surface area contributed by atoms with Crippen LogP contribution in [0.15, 0.2) is 0 Å². The number of nitrogens with two attached hydrogens (primary N) is 1. The summed E-state index contributed by atoms with van der Waals surface area (Å²) in [6.45, 7) is 2.28. The van der Waals surface area contributed by atoms with Crippen LogP contribution in [-0.4, -0.2) is 83.5 Å². The van der Waals surface area contributed by atoms with Crippen molar-refractivity contribution in [1.82, 2.24) is 20.4 Å². The lowest BCUT2D eigenvalue weighted by atomic mass is 9.84. The van der Waals surface area contributed by atoms with Crippen molar-refractivity contribution in [2.24, 2.45) is 17.6 Å². The summed E-state index contributed by atoms with van der Waals surface area (Å²) in [6, 6.07) is -1.05. The number of likely N-dealkylation sites (tertiary alicyclic amines) is 2. The van der Waals surface area contributed by atoms with Crippen LogP contribution < -0.4 is 16.4 Å². The summed E-state index contributed by atoms with van der Waals surface area (Å²) in [4.78, 5) is 41.0. The Morgan fingerprint density at radius 3 is 2.30 bits per heavy atom. The maximum atomic E-state index is 13.4. The van der Waals surface area contributed by atoms with Crippen molar-refractivity contribution >= 4 is 23.7 Å². The molecule has 3 aliphatic rings. The van der Waals surface area contributed by atoms with Crippen molar-refractivity contribution < 1.29 is 19.5 Å². The Labute approximate surface area is 196 Å². The highest BCUT2D eigenvalue weighted by Crippen LogP contribution is 2.29. The predicted octanol–water partition coefficient (Wildman–Crippen LogP) is 0.712. The van der Waals surface area contributed by atoms with E-state index in [0.29, 0.717) is 37.8 Å². The average Bonchev–Trinajstić information content (AvgIpc) is 3.30. The van der Waals surface area contributed by atoms with Crippen LogP contribution in [0.1, 0.15) is 64.2 Å². The summed E-state index contributed by atoms with van der Waals surface area (Å²) in [5.74, 6) is -0.394. The molecule has 1 saturated carbocycles. The van der Waals surface area contributed by atoms with Crippen LogP contribution in [0.25, 0.3) is 0 Å². The van der Waals surface area contributed by atoms with Crippen LogP contribution in [0.2, 0.25) is 0 Å². The first-order valence-electron chi connectivity index (χ1n) is 12.5. The highest BCUT2D eigenvalue weighted by Gasteiger charge is 2.38. The number of carbonyl (C=O) groups is 3. The number of rotatable bonds is 9. The number of aliphatic carboxylic acids is 1. The molecule has 2 saturated heterocycles. The largest absolute Gasteiger partial charge is 0.480 e. The van der Waals surface area contributed by atoms with Crippen molar-refractivity contribution in [3.8, 4) is 0 Å². The predicted molar refractivity (Wildman–Crippen MR) is 125 cm³/mol. The molecule has 33 heavy (non-hydrogen) atoms. The number of nitrogens with one attached hydrogen (secondary N) is 3. The van der Waals surface area contributed by atoms with Gasteiger partial charge in [0.05, 0.1) is 12.6 Å². The van der Waals surface area contributed by atoms with Gasteiger partial charge < -0.3 is 26.0 Å². The molecule has 2 atom stereocenters. The normalized spacial score (nSPS) is 23.3. The zero-order valence-electron chi connectivity index (χ0n) is 19.6. The molecule has 6 N–H and O–H groups in total. The van der Waals surface area contributed by atoms with Crippen LogP contribution in [0.4, 0.5) is 0 Å². The Morgan fingerprint density at radius 2 is 1.67 bits per heavy atom. The standard InChI is InChI=1S/C23H40N6O4/c24-23(25)28-11-8-17(9-12-28)14-27-21(32)19-7-4-10-29(19)22(33)18(26-15-20(30)31)13-16-5-2-1-3-6-16/h16-19,26H,1-15H2,(H3,24,25)(H,27,32)(H,30,31)/t18-,19+/m1/s1. The summed E-state index contributed by atoms with van der Waals surface area (Å²) in [6.07, 6.45) is 9.47. The molecule has 0 aromatic heterocycles. The van der Waals surface area contributed by atoms with Gasteiger partial charge in [0.2, 0.25) is 11.8 Å². The summed E-state index contributed by atoms with van der Waals surface area (Å²) < 4.78 is 0. The third-order valence-corrected chi connectivity index (χ3v) is 7.45. The van der Waals surface area contributed by atoms with E-state index in [0.717, 1.165) is 58.0 Å². The minimum Gasteiger partial charge on any atom is -0.480 e. The Bertz CT molecular complexity index is 703. The Hall–Kier alpha value is -2.36. The number of guanidine groups is 1. The van der Waals surface area contributed by atoms with Gasteiger partial charge in [-0.05, 0) is 43.9 Å². The van der Waals surface area contributed by atoms with Gasteiger partial charge in [0.15, 0.2) is 5.96 Å². The van der Waals surface area contributed by atoms with Gasteiger partial charge in [-0.1, -0.05) is 32.1 Å². The Balaban J connectivity index is 1.54. The van der Waals surface area contributed by atoms with E-state index in [-0.39, 0.29) is 24.3 Å². The molecule has 0 spiro atoms. The number of carboxylic acid groups (broad SMARTS) is 1. The SMILES string of the molecule is N=C(N)N1CCC(CNC(=O)[C@@H]2CCCN2C(=O)[C@@H](CC2CCCCC2)NCC(=O)O)CC1. The second kappa shape index (κ2) is 12.2. The number of carbonyl (C=O) groups excluding carboxylic acids is 2. The molecule has 0 aromatic rings. The second-order valence-electron chi connectivity index (χ2n) is 9.82. The highest BCUT2D eigenvalue weighted by atomic mass is 16.4. The van der Waals surface area contributed by atoms with Crippen LogP contribution in [-0.2, 0) is 14.4 Å². The Morgan fingerprint density at radius 1 is 0.970 bits per heavy atom. The quantitative estimate of drug-likeness (QED) is 0.249. The van der Waals surface area contributed by atoms with E-state index in [2.05, 4.69) is 10.6 Å². The van der Waals surface area contributed by atoms with Crippen LogP contribution in [0, 0.1) is 17.2 Å². The van der Waals surface area contributed by atoms with Crippen LogP contribution >= 0.6 is 0 Å². The van der Waals surface area contributed by atoms with Gasteiger partial charge in [0.25, 0.3) is 0 Å². The molecular weight excluding hydrogens is 424 g/mol. The molecule has 0 aromatic carbocycles. The number of hydrogen-bond donors (Lipinski definition) is 5. The lowest BCUT2D eigenvalue weighted by Crippen LogP contribution is -2.54. The summed E-state index contributed by atoms with van der Waals surface area (Å²) in [5.41, 5.74) is 5.55. The monoisotopic (exact) mass is 464 g/mol. The molecule has 2 amide bonds. The molecule has 10 nitrogen and oxygen atoms in total. The Kier molecular flexibility index (Phi) is 9.34. The van der Waals surface area contributed by atoms with Gasteiger partial charge in [0, 0.05) is 26.2 Å². The summed E-state index contributed by atoms with van der Waals surface area (Å²) in [7, 11) is 0. The van der Waals surface area contributed by atoms with E-state index in [9.17, 15) is 14.4 Å². The minimum atomic E-state index is -0.983. The fraction of sp³-hybridized carbons (Fsp3) is 0.826. The van der Waals surface area contributed by atoms with E-state index in [1.165, 1.54) is 6.42 Å². The first-order chi connectivity index (χ1) is 15.8. The minimum absolute atomic E-state index is 0.0943. The number of nitrogens with zero attached hydrogens (tertiary/aromatic N) is 2. The smallest absolute Gasteiger partial charge is 0.317 e. The van der Waals surface area contributed by atoms with E-state index in [1.54, 1.807) is 4.90 Å². The van der Waals surface area contributed by atoms with Crippen LogP contribution in [0.5, 0.6) is 0 Å². The van der Waals surface area contributed by atoms with Crippen molar-refractivity contribution in [2.45, 2.75) is 76.3 Å². The summed E-state index contributed by atoms with van der Waals surface area (Å²) >= 11 is 0. The molecule has 0 unspecified atom stereocenters. The van der Waals surface area contributed by atoms with Crippen LogP contribution in [0.3, 0.4) is 0 Å². The second-order valence-corrected chi connectivity index (χ2v) is 9.82. The molecule has 3 rings (SSSR count). The highest BCUT2D eigenvalue weighted by molar-refractivity contribution is 5.90. The molecule has 2 heterocycles. The molecule has 1 aliphatic carbocycles. The topological polar surface area (TPSA) is 152 Å². The van der Waals surface area contributed by atoms with E-state index in [4.69, 9.17) is 16.2 Å². The molecule has 3 fully saturated rings. The van der Waals surface area contributed by atoms with E-state index >= 15 is 0 Å². The first kappa shape index (κ1) is 25.3. The fourth-order valence-corrected chi connectivity index (χ4v) is 5.48. The number of piperidine rings is 1. The third-order valence-electron chi connectivity index (χ3n) is 7.45. The zero-order valence-corrected chi connectivity index (χ0v) is 19.6. The fourth-order valence-electron chi connectivity index (χ4n) is 5.48. The molecular formula is C23H40N6O4. The number of carboxylic acids is 1. The van der Waals surface area contributed by atoms with E-state index < -0.39 is 18.1 Å². The van der Waals surface area contributed by atoms with Gasteiger partial charge in [0.1, 0.15) is 6.04 Å². The number of amides is 2. The maximum Gasteiger partial charge on any atom is 0.317 e. The lowest BCUT2D eigenvalue weighted by Gasteiger charge is -2.33. The molecule has 186 valence electrons. The van der Waals surface area contributed by atoms with E-state index in [1.807, 2.05) is 4.90 Å². The maximum absolute atomic E-state index is 13.4. The van der Waals surface area contributed by atoms with Gasteiger partial charge in [-0.3, -0.25) is 25.1 Å². The molecule has 2 aliphatic heterocycles. The average molecular weight is 465 g/mol. The summed E-state index contributed by atoms with van der Waals surface area (Å²) in [5, 5.41) is 22.6. The van der Waals surface area contributed by atoms with Crippen molar-refractivity contribution in [2.75, 3.05) is 32.7 Å². The van der Waals surface area contributed by atoms with Gasteiger partial charge in [-0.25, -0.2) is 0 Å². The lowest BCUT2D eigenvalue weighted by molar-refractivity contribution is -0.141. The van der Waals surface area contributed by atoms with Gasteiger partial charge in [-0.15, -0.1) is 0 Å². The third kappa shape index (κ3) is 7.31. The zero-order chi connectivity index (χ0) is 23.8. The molecule has 10 heteroatoms. The van der Waals surface area contributed by atoms with Crippen molar-refractivity contribution in [3.05, 3.63) is 0 Å². The molecule has 0 radical (unpaired) electrons. The van der Waals surface area contributed by atoms with Crippen molar-refractivity contribution in [3.63, 3.8) is 0 Å².